The van der Waals surface area contributed by atoms with E-state index in [1.54, 1.807) is 52.4 Å². The molecule has 6 heterocycles. The van der Waals surface area contributed by atoms with Crippen molar-refractivity contribution in [2.45, 2.75) is 193 Å². The van der Waals surface area contributed by atoms with Gasteiger partial charge in [-0.3, -0.25) is 38.4 Å². The van der Waals surface area contributed by atoms with Crippen molar-refractivity contribution in [3.05, 3.63) is 122 Å². The maximum absolute atomic E-state index is 14.3. The van der Waals surface area contributed by atoms with E-state index in [9.17, 15) is 73.5 Å². The van der Waals surface area contributed by atoms with E-state index < -0.39 is 115 Å². The Bertz CT molecular complexity index is 4730. The summed E-state index contributed by atoms with van der Waals surface area (Å²) in [5, 5.41) is 76.5. The average Bonchev–Trinajstić information content (AvgIpc) is 1.27. The van der Waals surface area contributed by atoms with Crippen molar-refractivity contribution in [3.8, 4) is 17.1 Å². The van der Waals surface area contributed by atoms with Gasteiger partial charge in [-0.1, -0.05) is 56.7 Å². The third-order valence-electron chi connectivity index (χ3n) is 22.1. The van der Waals surface area contributed by atoms with Crippen molar-refractivity contribution in [2.75, 3.05) is 119 Å². The number of ketones is 1. The Morgan fingerprint density at radius 2 is 1.35 bits per heavy atom. The predicted molar refractivity (Wildman–Crippen MR) is 440 cm³/mol. The number of rotatable bonds is 45. The first-order chi connectivity index (χ1) is 57.9. The summed E-state index contributed by atoms with van der Waals surface area (Å²) in [6, 6.07) is 15.3. The normalized spacial score (nSPS) is 19.0. The standard InChI is InChI=1S/C85H116N12O24/c1-11-85(112)60-44-65-73-59(46-97(65)81(108)56(60)18-22-68(85)98)54(55-14-12-13-15-61(55)90-73)24-29-95(50(4)5)84(111)119-48-53-17-19-62(67(43-53)120-83-76(104)74(102)75(103)77(121-83)82(109)110)91-78(105)52(7)88-80(107)72(49(2)3)92-70(100)23-20-63(79(106)87-28-33-116-38-39-118-41-40-117-35-34-113-10)89-71(101)26-31-114-36-37-115-32-27-86-69(99)25-30-96-64-21-16-51(6)42-57(64)58-45-93(8)94(9)47-66(58)96/h12-17,19,21,42-44,49-50,52,63,72,74-77,83,102-104,112H,11,18,20,22-41,45-48H2,1-10H3,(H,86,99)(H,87,106)(H,88,107)(H,89,101)(H,91,105)(H,92,100)(H,109,110)/t52-,63-,72-,74-,75-,76+,77-,83+,85-/m0/s1. The molecule has 6 aromatic rings. The second-order valence-electron chi connectivity index (χ2n) is 31.3. The van der Waals surface area contributed by atoms with E-state index in [-0.39, 0.29) is 164 Å². The Morgan fingerprint density at radius 3 is 2.03 bits per heavy atom. The van der Waals surface area contributed by atoms with Gasteiger partial charge in [-0.15, -0.1) is 0 Å². The maximum Gasteiger partial charge on any atom is 0.410 e. The number of pyridine rings is 2. The van der Waals surface area contributed by atoms with E-state index in [0.717, 1.165) is 35.1 Å². The topological polar surface area (TPSA) is 460 Å². The zero-order valence-electron chi connectivity index (χ0n) is 70.4. The molecule has 1 aliphatic carbocycles. The molecular weight excluding hydrogens is 1570 g/mol. The number of amides is 7. The van der Waals surface area contributed by atoms with Gasteiger partial charge in [-0.25, -0.2) is 24.6 Å². The van der Waals surface area contributed by atoms with E-state index in [2.05, 4.69) is 78.7 Å². The minimum atomic E-state index is -2.10. The van der Waals surface area contributed by atoms with Gasteiger partial charge in [0.15, 0.2) is 11.9 Å². The third-order valence-corrected chi connectivity index (χ3v) is 22.1. The van der Waals surface area contributed by atoms with E-state index in [4.69, 9.17) is 47.6 Å². The number of fused-ring (bicyclic) bond motifs is 8. The Hall–Kier alpha value is -9.93. The van der Waals surface area contributed by atoms with Crippen LogP contribution >= 0.6 is 0 Å². The smallest absolute Gasteiger partial charge is 0.410 e. The number of carbonyl (C=O) groups is 9. The monoisotopic (exact) mass is 1690 g/mol. The number of aliphatic hydroxyl groups excluding tert-OH is 3. The van der Waals surface area contributed by atoms with Crippen molar-refractivity contribution >= 4 is 80.8 Å². The summed E-state index contributed by atoms with van der Waals surface area (Å²) in [5.74, 6) is -6.62. The van der Waals surface area contributed by atoms with Crippen molar-refractivity contribution in [1.29, 1.82) is 0 Å². The first-order valence-corrected chi connectivity index (χ1v) is 41.2. The number of carboxylic acid groups (broad SMARTS) is 1. The Morgan fingerprint density at radius 1 is 0.678 bits per heavy atom. The Kier molecular flexibility index (Phi) is 33.7. The number of hydrogen-bond acceptors (Lipinski definition) is 26. The van der Waals surface area contributed by atoms with Crippen LogP contribution in [0.1, 0.15) is 125 Å². The van der Waals surface area contributed by atoms with Crippen LogP contribution in [0, 0.1) is 12.8 Å². The molecule has 121 heavy (non-hydrogen) atoms. The largest absolute Gasteiger partial charge is 0.479 e. The van der Waals surface area contributed by atoms with Crippen LogP contribution in [0.5, 0.6) is 5.75 Å². The molecule has 4 aliphatic rings. The SMILES string of the molecule is CC[C@@]1(O)C(=O)CCc2c1cc1n(c2=O)Cc2c-1nc1ccccc1c2CCN(C(=O)OCc1ccc(NC(=O)[C@H](C)NC(=O)[C@@H](NC(=O)CC[C@H](NC(=O)CCOCCOCCNC(=O)CCn2c3c(c4cc(C)ccc42)CN(C)N(C)C3)C(=O)NCCOCCOCCOCCOC)C(C)C)c(O[C@@H]2O[C@H](C(=O)O)[C@@H](O)[C@H](O)[C@H]2O)c1)C(C)C. The third kappa shape index (κ3) is 23.7. The fourth-order valence-corrected chi connectivity index (χ4v) is 15.1. The molecule has 0 bridgehead atoms. The molecule has 3 aromatic carbocycles. The van der Waals surface area contributed by atoms with Crippen molar-refractivity contribution in [3.63, 3.8) is 0 Å². The summed E-state index contributed by atoms with van der Waals surface area (Å²) in [6.07, 6.45) is -11.0. The van der Waals surface area contributed by atoms with Crippen LogP contribution in [0.2, 0.25) is 0 Å². The second kappa shape index (κ2) is 43.7. The lowest BCUT2D eigenvalue weighted by Gasteiger charge is -2.38. The number of aliphatic hydroxyl groups is 4. The molecule has 3 aliphatic heterocycles. The number of carboxylic acids is 1. The second-order valence-corrected chi connectivity index (χ2v) is 31.3. The highest BCUT2D eigenvalue weighted by molar-refractivity contribution is 5.99. The van der Waals surface area contributed by atoms with Gasteiger partial charge in [-0.05, 0) is 112 Å². The molecule has 1 saturated heterocycles. The van der Waals surface area contributed by atoms with Gasteiger partial charge < -0.3 is 114 Å². The molecule has 3 aromatic heterocycles. The van der Waals surface area contributed by atoms with Gasteiger partial charge in [0.25, 0.3) is 5.56 Å². The quantitative estimate of drug-likeness (QED) is 0.0244. The number of benzene rings is 3. The average molecular weight is 1690 g/mol. The highest BCUT2D eigenvalue weighted by Gasteiger charge is 2.49. The number of carbonyl (C=O) groups excluding carboxylic acids is 8. The Balaban J connectivity index is 0.726. The molecule has 0 unspecified atom stereocenters. The van der Waals surface area contributed by atoms with Crippen LogP contribution in [0.15, 0.2) is 71.5 Å². The molecule has 0 radical (unpaired) electrons. The highest BCUT2D eigenvalue weighted by Crippen LogP contribution is 2.42. The molecule has 1 fully saturated rings. The fraction of sp³-hybridized carbons (Fsp3) is 0.565. The van der Waals surface area contributed by atoms with Crippen LogP contribution < -0.4 is 42.2 Å². The molecule has 0 saturated carbocycles. The molecule has 7 amide bonds. The summed E-state index contributed by atoms with van der Waals surface area (Å²) in [4.78, 5) is 143. The summed E-state index contributed by atoms with van der Waals surface area (Å²) in [6.45, 7) is 16.8. The lowest BCUT2D eigenvalue weighted by Crippen LogP contribution is -2.61. The number of para-hydroxylation sites is 1. The van der Waals surface area contributed by atoms with E-state index >= 15 is 0 Å². The van der Waals surface area contributed by atoms with Crippen LogP contribution in [-0.4, -0.2) is 276 Å². The minimum absolute atomic E-state index is 0.0290. The van der Waals surface area contributed by atoms with Gasteiger partial charge in [0.1, 0.15) is 54.4 Å². The fourth-order valence-electron chi connectivity index (χ4n) is 15.1. The molecule has 36 heteroatoms. The van der Waals surface area contributed by atoms with E-state index in [0.29, 0.717) is 55.4 Å². The number of methoxy groups -OCH3 is 1. The molecule has 660 valence electrons. The zero-order valence-corrected chi connectivity index (χ0v) is 70.4. The number of Topliss-reactive ketones (excluding diaryl/α,β-unsaturated/α-hetero) is 1. The van der Waals surface area contributed by atoms with Crippen molar-refractivity contribution in [1.82, 2.24) is 55.6 Å². The lowest BCUT2D eigenvalue weighted by molar-refractivity contribution is -0.271. The van der Waals surface area contributed by atoms with Gasteiger partial charge in [0.2, 0.25) is 41.7 Å². The van der Waals surface area contributed by atoms with Crippen LogP contribution in [0.3, 0.4) is 0 Å². The summed E-state index contributed by atoms with van der Waals surface area (Å²) in [7, 11) is 5.68. The number of nitrogens with one attached hydrogen (secondary N) is 6. The van der Waals surface area contributed by atoms with Crippen LogP contribution in [-0.2, 0) is 127 Å². The molecule has 11 N–H and O–H groups in total. The van der Waals surface area contributed by atoms with E-state index in [1.165, 1.54) is 52.2 Å². The highest BCUT2D eigenvalue weighted by atomic mass is 16.7. The van der Waals surface area contributed by atoms with Crippen LogP contribution in [0.4, 0.5) is 10.5 Å². The molecular formula is C85H116N12O24. The maximum atomic E-state index is 14.3. The number of nitrogens with zero attached hydrogens (tertiary/aromatic N) is 6. The number of aryl methyl sites for hydroxylation is 2. The summed E-state index contributed by atoms with van der Waals surface area (Å²) in [5.41, 5.74) is 6.50. The molecule has 9 atom stereocenters. The summed E-state index contributed by atoms with van der Waals surface area (Å²) >= 11 is 0. The van der Waals surface area contributed by atoms with Crippen LogP contribution in [0.25, 0.3) is 33.2 Å². The number of aliphatic carboxylic acids is 1. The van der Waals surface area contributed by atoms with Crippen molar-refractivity contribution < 1.29 is 111 Å². The summed E-state index contributed by atoms with van der Waals surface area (Å²) < 4.78 is 54.1. The van der Waals surface area contributed by atoms with Gasteiger partial charge in [0.05, 0.1) is 108 Å². The number of anilines is 1. The molecule has 36 nitrogen and oxygen atoms in total. The van der Waals surface area contributed by atoms with Gasteiger partial charge in [0, 0.05) is 124 Å². The lowest BCUT2D eigenvalue weighted by atomic mass is 9.77. The number of hydrazine groups is 1. The molecule has 0 spiro atoms. The first-order valence-electron chi connectivity index (χ1n) is 41.2. The minimum Gasteiger partial charge on any atom is -0.479 e. The number of aromatic nitrogens is 3. The van der Waals surface area contributed by atoms with Crippen molar-refractivity contribution in [2.24, 2.45) is 5.92 Å². The van der Waals surface area contributed by atoms with Gasteiger partial charge in [-0.2, -0.15) is 0 Å². The Labute approximate surface area is 701 Å². The first kappa shape index (κ1) is 93.3. The van der Waals surface area contributed by atoms with E-state index in [1.807, 2.05) is 31.3 Å². The predicted octanol–water partition coefficient (Wildman–Crippen LogP) is 2.75. The molecule has 10 rings (SSSR count). The zero-order chi connectivity index (χ0) is 87.4. The number of hydrogen-bond donors (Lipinski definition) is 11. The number of ether oxygens (including phenoxy) is 9. The van der Waals surface area contributed by atoms with Gasteiger partial charge >= 0.3 is 12.1 Å².